The molecule has 30 heavy (non-hydrogen) atoms. The second-order valence-corrected chi connectivity index (χ2v) is 9.87. The third kappa shape index (κ3) is 2.28. The van der Waals surface area contributed by atoms with Gasteiger partial charge >= 0.3 is 0 Å². The second kappa shape index (κ2) is 5.84. The summed E-state index contributed by atoms with van der Waals surface area (Å²) in [5.41, 5.74) is 2.00. The molecule has 4 N–H and O–H groups in total. The summed E-state index contributed by atoms with van der Waals surface area (Å²) in [6.45, 7) is 13.6. The molecular formula is C24H26BNO4. The number of hydrogen-bond donors (Lipinski definition) is 4. The van der Waals surface area contributed by atoms with Crippen molar-refractivity contribution in [1.29, 1.82) is 0 Å². The van der Waals surface area contributed by atoms with E-state index in [1.54, 1.807) is 12.3 Å². The van der Waals surface area contributed by atoms with E-state index < -0.39 is 28.5 Å². The van der Waals surface area contributed by atoms with Gasteiger partial charge in [-0.2, -0.15) is 0 Å². The third-order valence-electron chi connectivity index (χ3n) is 8.02. The molecule has 1 aliphatic carbocycles. The number of fused-ring (bicyclic) bond motifs is 2. The molecule has 1 aliphatic rings. The maximum atomic E-state index is 10.3. The van der Waals surface area contributed by atoms with Crippen LogP contribution >= 0.6 is 0 Å². The van der Waals surface area contributed by atoms with Gasteiger partial charge in [0.25, 0.3) is 0 Å². The monoisotopic (exact) mass is 403 g/mol. The van der Waals surface area contributed by atoms with Crippen LogP contribution in [-0.4, -0.2) is 33.3 Å². The zero-order valence-corrected chi connectivity index (χ0v) is 18.1. The van der Waals surface area contributed by atoms with E-state index in [-0.39, 0.29) is 27.5 Å². The molecule has 4 rings (SSSR count). The number of hydrogen-bond acceptors (Lipinski definition) is 5. The number of pyridine rings is 1. The van der Waals surface area contributed by atoms with E-state index >= 15 is 0 Å². The molecule has 0 unspecified atom stereocenters. The van der Waals surface area contributed by atoms with E-state index in [9.17, 15) is 20.4 Å². The van der Waals surface area contributed by atoms with Crippen LogP contribution in [0.5, 0.6) is 23.0 Å². The van der Waals surface area contributed by atoms with Crippen LogP contribution in [-0.2, 0) is 10.8 Å². The first kappa shape index (κ1) is 20.4. The summed E-state index contributed by atoms with van der Waals surface area (Å²) < 4.78 is 0. The minimum Gasteiger partial charge on any atom is -0.505 e. The Hall–Kier alpha value is -2.89. The maximum Gasteiger partial charge on any atom is 0.170 e. The van der Waals surface area contributed by atoms with Gasteiger partial charge in [-0.15, -0.1) is 0 Å². The normalized spacial score (nSPS) is 18.5. The van der Waals surface area contributed by atoms with Crippen LogP contribution in [0, 0.1) is 5.41 Å². The van der Waals surface area contributed by atoms with E-state index in [1.807, 2.05) is 0 Å². The third-order valence-corrected chi connectivity index (χ3v) is 8.02. The standard InChI is InChI=1S/C24H26BNO4/c1-22(2)13-7-11-9-15(16-18(27)20(29)17(25)21(30)19(16)28)26-10-12(11)8-14(13)23(3,4)24(22,5)6/h7-10,27-30H,1-6H3. The number of phenolic OH excluding ortho intramolecular Hbond substituents is 4. The Balaban J connectivity index is 2.00. The van der Waals surface area contributed by atoms with E-state index in [4.69, 9.17) is 7.85 Å². The van der Waals surface area contributed by atoms with Crippen LogP contribution in [0.1, 0.15) is 52.7 Å². The molecule has 0 bridgehead atoms. The van der Waals surface area contributed by atoms with Crippen molar-refractivity contribution in [1.82, 2.24) is 4.98 Å². The van der Waals surface area contributed by atoms with Crippen molar-refractivity contribution in [3.8, 4) is 34.3 Å². The van der Waals surface area contributed by atoms with Gasteiger partial charge in [-0.25, -0.2) is 0 Å². The number of aromatic nitrogens is 1. The Kier molecular flexibility index (Phi) is 3.97. The number of benzene rings is 2. The van der Waals surface area contributed by atoms with Crippen LogP contribution < -0.4 is 5.46 Å². The van der Waals surface area contributed by atoms with E-state index in [0.29, 0.717) is 0 Å². The van der Waals surface area contributed by atoms with Gasteiger partial charge in [0.2, 0.25) is 0 Å². The lowest BCUT2D eigenvalue weighted by Gasteiger charge is -2.44. The van der Waals surface area contributed by atoms with Crippen LogP contribution in [0.3, 0.4) is 0 Å². The predicted molar refractivity (Wildman–Crippen MR) is 119 cm³/mol. The fourth-order valence-corrected chi connectivity index (χ4v) is 4.78. The number of rotatable bonds is 1. The molecule has 1 aromatic heterocycles. The SMILES string of the molecule is [B]c1c(O)c(O)c(-c2cc3cc4c(cc3cn2)C(C)(C)C(C)(C)C4(C)C)c(O)c1O. The molecule has 0 atom stereocenters. The lowest BCUT2D eigenvalue weighted by Crippen LogP contribution is -2.42. The highest BCUT2D eigenvalue weighted by Gasteiger charge is 2.56. The van der Waals surface area contributed by atoms with Gasteiger partial charge in [-0.1, -0.05) is 47.6 Å². The van der Waals surface area contributed by atoms with Crippen LogP contribution in [0.4, 0.5) is 0 Å². The number of aromatic hydroxyl groups is 4. The van der Waals surface area contributed by atoms with Crippen molar-refractivity contribution >= 4 is 24.1 Å². The summed E-state index contributed by atoms with van der Waals surface area (Å²) in [5.74, 6) is -2.64. The first-order valence-corrected chi connectivity index (χ1v) is 9.94. The molecule has 0 saturated carbocycles. The molecule has 0 fully saturated rings. The van der Waals surface area contributed by atoms with Gasteiger partial charge < -0.3 is 20.4 Å². The molecule has 0 saturated heterocycles. The smallest absolute Gasteiger partial charge is 0.170 e. The minimum atomic E-state index is -0.694. The summed E-state index contributed by atoms with van der Waals surface area (Å²) in [6, 6.07) is 6.03. The Morgan fingerprint density at radius 1 is 0.700 bits per heavy atom. The fourth-order valence-electron chi connectivity index (χ4n) is 4.78. The average molecular weight is 403 g/mol. The highest BCUT2D eigenvalue weighted by Crippen LogP contribution is 2.62. The predicted octanol–water partition coefficient (Wildman–Crippen LogP) is 4.11. The topological polar surface area (TPSA) is 93.8 Å². The summed E-state index contributed by atoms with van der Waals surface area (Å²) in [7, 11) is 5.52. The molecule has 154 valence electrons. The zero-order chi connectivity index (χ0) is 22.4. The Bertz CT molecular complexity index is 1200. The highest BCUT2D eigenvalue weighted by atomic mass is 16.3. The van der Waals surface area contributed by atoms with Crippen molar-refractivity contribution in [2.45, 2.75) is 52.4 Å². The molecule has 1 heterocycles. The van der Waals surface area contributed by atoms with Crippen molar-refractivity contribution in [3.63, 3.8) is 0 Å². The summed E-state index contributed by atoms with van der Waals surface area (Å²) in [5, 5.41) is 42.5. The molecule has 0 spiro atoms. The maximum absolute atomic E-state index is 10.3. The molecule has 0 aliphatic heterocycles. The first-order valence-electron chi connectivity index (χ1n) is 9.94. The molecule has 3 aromatic rings. The highest BCUT2D eigenvalue weighted by molar-refractivity contribution is 6.37. The van der Waals surface area contributed by atoms with Gasteiger partial charge in [-0.3, -0.25) is 4.98 Å². The van der Waals surface area contributed by atoms with Gasteiger partial charge in [0.05, 0.1) is 11.3 Å². The summed E-state index contributed by atoms with van der Waals surface area (Å²) in [6.07, 6.45) is 1.67. The van der Waals surface area contributed by atoms with Crippen LogP contribution in [0.25, 0.3) is 22.0 Å². The minimum absolute atomic E-state index is 0.0149. The lowest BCUT2D eigenvalue weighted by molar-refractivity contribution is 0.125. The number of phenols is 4. The largest absolute Gasteiger partial charge is 0.505 e. The quantitative estimate of drug-likeness (QED) is 0.279. The summed E-state index contributed by atoms with van der Waals surface area (Å²) >= 11 is 0. The van der Waals surface area contributed by atoms with Crippen LogP contribution in [0.15, 0.2) is 24.4 Å². The fraction of sp³-hybridized carbons (Fsp3) is 0.375. The molecule has 2 radical (unpaired) electrons. The van der Waals surface area contributed by atoms with Gasteiger partial charge in [0.15, 0.2) is 23.0 Å². The van der Waals surface area contributed by atoms with Gasteiger partial charge in [0.1, 0.15) is 7.85 Å². The second-order valence-electron chi connectivity index (χ2n) is 9.87. The van der Waals surface area contributed by atoms with Crippen LogP contribution in [0.2, 0.25) is 0 Å². The molecule has 5 nitrogen and oxygen atoms in total. The Morgan fingerprint density at radius 2 is 1.17 bits per heavy atom. The first-order chi connectivity index (χ1) is 13.7. The number of nitrogens with zero attached hydrogens (tertiary/aromatic N) is 1. The van der Waals surface area contributed by atoms with E-state index in [1.165, 1.54) is 11.1 Å². The van der Waals surface area contributed by atoms with E-state index in [2.05, 4.69) is 58.7 Å². The lowest BCUT2D eigenvalue weighted by atomic mass is 9.59. The molecular weight excluding hydrogens is 377 g/mol. The van der Waals surface area contributed by atoms with Crippen molar-refractivity contribution in [2.75, 3.05) is 0 Å². The average Bonchev–Trinajstić information content (AvgIpc) is 2.78. The van der Waals surface area contributed by atoms with Crippen molar-refractivity contribution in [3.05, 3.63) is 35.5 Å². The molecule has 6 heteroatoms. The summed E-state index contributed by atoms with van der Waals surface area (Å²) in [4.78, 5) is 4.37. The molecule has 0 amide bonds. The van der Waals surface area contributed by atoms with Gasteiger partial charge in [0, 0.05) is 11.6 Å². The van der Waals surface area contributed by atoms with Crippen molar-refractivity contribution < 1.29 is 20.4 Å². The zero-order valence-electron chi connectivity index (χ0n) is 18.1. The van der Waals surface area contributed by atoms with E-state index in [0.717, 1.165) is 10.8 Å². The Labute approximate surface area is 177 Å². The Morgan fingerprint density at radius 3 is 1.67 bits per heavy atom. The molecule has 2 aromatic carbocycles. The van der Waals surface area contributed by atoms with Gasteiger partial charge in [-0.05, 0) is 50.4 Å². The van der Waals surface area contributed by atoms with Crippen molar-refractivity contribution in [2.24, 2.45) is 5.41 Å².